The maximum Gasteiger partial charge on any atom is 0.335 e. The van der Waals surface area contributed by atoms with E-state index in [4.69, 9.17) is 11.6 Å². The molecule has 10 nitrogen and oxygen atoms in total. The quantitative estimate of drug-likeness (QED) is 0.659. The molecule has 1 aromatic carbocycles. The van der Waals surface area contributed by atoms with Crippen LogP contribution in [0, 0.1) is 20.8 Å². The standard InChI is InChI=1S/C16H16ClN7O3S/c1-9-8-10(2)24(22-9)15-19-11(3)18-14(20-15)21-16(25)23-28(26,27)13-7-5-4-6-12(13)17/h4-8H,1-3H3,(H2,18,19,20,21,23,25). The van der Waals surface area contributed by atoms with Gasteiger partial charge in [0.25, 0.3) is 16.0 Å². The Morgan fingerprint density at radius 1 is 1.11 bits per heavy atom. The van der Waals surface area contributed by atoms with Gasteiger partial charge in [-0.3, -0.25) is 5.32 Å². The summed E-state index contributed by atoms with van der Waals surface area (Å²) < 4.78 is 28.0. The molecule has 2 aromatic heterocycles. The average molecular weight is 422 g/mol. The second kappa shape index (κ2) is 7.52. The first-order chi connectivity index (χ1) is 13.2. The summed E-state index contributed by atoms with van der Waals surface area (Å²) in [6, 6.07) is 6.57. The van der Waals surface area contributed by atoms with Gasteiger partial charge in [0, 0.05) is 5.69 Å². The van der Waals surface area contributed by atoms with E-state index in [0.717, 1.165) is 11.4 Å². The molecule has 2 amide bonds. The number of carbonyl (C=O) groups excluding carboxylic acids is 1. The molecule has 2 heterocycles. The highest BCUT2D eigenvalue weighted by molar-refractivity contribution is 7.90. The van der Waals surface area contributed by atoms with E-state index < -0.39 is 16.1 Å². The number of nitrogens with zero attached hydrogens (tertiary/aromatic N) is 5. The van der Waals surface area contributed by atoms with Crippen LogP contribution in [0.2, 0.25) is 5.02 Å². The van der Waals surface area contributed by atoms with Crippen molar-refractivity contribution in [3.8, 4) is 5.95 Å². The summed E-state index contributed by atoms with van der Waals surface area (Å²) in [5.74, 6) is 0.395. The second-order valence-electron chi connectivity index (χ2n) is 5.84. The number of rotatable bonds is 4. The van der Waals surface area contributed by atoms with E-state index in [9.17, 15) is 13.2 Å². The molecule has 3 rings (SSSR count). The number of nitrogens with one attached hydrogen (secondary N) is 2. The molecule has 0 aliphatic rings. The first-order valence-electron chi connectivity index (χ1n) is 8.00. The van der Waals surface area contributed by atoms with E-state index in [-0.39, 0.29) is 21.8 Å². The summed E-state index contributed by atoms with van der Waals surface area (Å²) in [7, 11) is -4.17. The summed E-state index contributed by atoms with van der Waals surface area (Å²) in [5, 5.41) is 6.56. The predicted molar refractivity (Wildman–Crippen MR) is 102 cm³/mol. The average Bonchev–Trinajstić information content (AvgIpc) is 2.92. The van der Waals surface area contributed by atoms with Gasteiger partial charge in [-0.15, -0.1) is 0 Å². The predicted octanol–water partition coefficient (Wildman–Crippen LogP) is 2.15. The lowest BCUT2D eigenvalue weighted by Crippen LogP contribution is -2.35. The Kier molecular flexibility index (Phi) is 5.29. The summed E-state index contributed by atoms with van der Waals surface area (Å²) >= 11 is 5.89. The highest BCUT2D eigenvalue weighted by atomic mass is 35.5. The van der Waals surface area contributed by atoms with Crippen molar-refractivity contribution in [3.63, 3.8) is 0 Å². The fourth-order valence-corrected chi connectivity index (χ4v) is 3.84. The van der Waals surface area contributed by atoms with Crippen molar-refractivity contribution in [2.24, 2.45) is 0 Å². The minimum absolute atomic E-state index is 0.00869. The normalized spacial score (nSPS) is 11.3. The van der Waals surface area contributed by atoms with Crippen molar-refractivity contribution in [1.29, 1.82) is 0 Å². The van der Waals surface area contributed by atoms with Gasteiger partial charge in [0.1, 0.15) is 10.7 Å². The first kappa shape index (κ1) is 19.7. The maximum absolute atomic E-state index is 12.3. The Hall–Kier alpha value is -3.05. The number of anilines is 1. The van der Waals surface area contributed by atoms with Gasteiger partial charge in [0.15, 0.2) is 0 Å². The van der Waals surface area contributed by atoms with Crippen LogP contribution in [-0.2, 0) is 10.0 Å². The number of aromatic nitrogens is 5. The van der Waals surface area contributed by atoms with Crippen LogP contribution in [0.25, 0.3) is 5.95 Å². The number of hydrogen-bond donors (Lipinski definition) is 2. The fraction of sp³-hybridized carbons (Fsp3) is 0.188. The van der Waals surface area contributed by atoms with Crippen molar-refractivity contribution in [1.82, 2.24) is 29.5 Å². The Morgan fingerprint density at radius 2 is 1.82 bits per heavy atom. The Balaban J connectivity index is 1.83. The maximum atomic E-state index is 12.3. The highest BCUT2D eigenvalue weighted by Crippen LogP contribution is 2.20. The van der Waals surface area contributed by atoms with Crippen LogP contribution in [0.15, 0.2) is 35.2 Å². The molecule has 0 unspecified atom stereocenters. The summed E-state index contributed by atoms with van der Waals surface area (Å²) in [6.07, 6.45) is 0. The number of urea groups is 1. The van der Waals surface area contributed by atoms with Gasteiger partial charge in [0.05, 0.1) is 10.7 Å². The second-order valence-corrected chi connectivity index (χ2v) is 7.89. The zero-order chi connectivity index (χ0) is 20.5. The Morgan fingerprint density at radius 3 is 2.46 bits per heavy atom. The number of benzene rings is 1. The fourth-order valence-electron chi connectivity index (χ4n) is 2.42. The zero-order valence-corrected chi connectivity index (χ0v) is 16.7. The van der Waals surface area contributed by atoms with Crippen LogP contribution in [-0.4, -0.2) is 39.2 Å². The van der Waals surface area contributed by atoms with Crippen LogP contribution in [0.5, 0.6) is 0 Å². The minimum Gasteiger partial charge on any atom is -0.275 e. The highest BCUT2D eigenvalue weighted by Gasteiger charge is 2.21. The molecular weight excluding hydrogens is 406 g/mol. The van der Waals surface area contributed by atoms with Crippen molar-refractivity contribution >= 4 is 33.6 Å². The van der Waals surface area contributed by atoms with Crippen molar-refractivity contribution < 1.29 is 13.2 Å². The van der Waals surface area contributed by atoms with Crippen molar-refractivity contribution in [2.75, 3.05) is 5.32 Å². The number of halogens is 1. The third-order valence-corrected chi connectivity index (χ3v) is 5.34. The molecule has 2 N–H and O–H groups in total. The molecule has 0 fully saturated rings. The lowest BCUT2D eigenvalue weighted by molar-refractivity contribution is 0.256. The van der Waals surface area contributed by atoms with Crippen molar-refractivity contribution in [3.05, 3.63) is 52.6 Å². The van der Waals surface area contributed by atoms with E-state index in [2.05, 4.69) is 25.4 Å². The van der Waals surface area contributed by atoms with Gasteiger partial charge < -0.3 is 0 Å². The molecule has 0 atom stereocenters. The molecule has 0 saturated heterocycles. The van der Waals surface area contributed by atoms with Crippen molar-refractivity contribution in [2.45, 2.75) is 25.7 Å². The van der Waals surface area contributed by atoms with Crippen LogP contribution >= 0.6 is 11.6 Å². The molecular formula is C16H16ClN7O3S. The topological polar surface area (TPSA) is 132 Å². The van der Waals surface area contributed by atoms with E-state index >= 15 is 0 Å². The van der Waals surface area contributed by atoms with Gasteiger partial charge in [-0.2, -0.15) is 20.1 Å². The van der Waals surface area contributed by atoms with Gasteiger partial charge in [-0.25, -0.2) is 22.6 Å². The first-order valence-corrected chi connectivity index (χ1v) is 9.86. The molecule has 0 saturated carbocycles. The van der Waals surface area contributed by atoms with E-state index in [1.54, 1.807) is 13.0 Å². The molecule has 0 aliphatic heterocycles. The zero-order valence-electron chi connectivity index (χ0n) is 15.1. The molecule has 0 aliphatic carbocycles. The van der Waals surface area contributed by atoms with Gasteiger partial charge in [0.2, 0.25) is 5.95 Å². The van der Waals surface area contributed by atoms with Crippen LogP contribution in [0.1, 0.15) is 17.2 Å². The van der Waals surface area contributed by atoms with Gasteiger partial charge in [-0.05, 0) is 39.0 Å². The van der Waals surface area contributed by atoms with Gasteiger partial charge in [-0.1, -0.05) is 23.7 Å². The SMILES string of the molecule is Cc1cc(C)n(-c2nc(C)nc(NC(=O)NS(=O)(=O)c3ccccc3Cl)n2)n1. The van der Waals surface area contributed by atoms with Crippen LogP contribution in [0.3, 0.4) is 0 Å². The molecule has 0 spiro atoms. The lowest BCUT2D eigenvalue weighted by atomic mass is 10.4. The number of aryl methyl sites for hydroxylation is 3. The molecule has 3 aromatic rings. The monoisotopic (exact) mass is 421 g/mol. The number of sulfonamides is 1. The number of hydrogen-bond acceptors (Lipinski definition) is 7. The Labute approximate surface area is 166 Å². The number of amides is 2. The van der Waals surface area contributed by atoms with Crippen LogP contribution < -0.4 is 10.0 Å². The third kappa shape index (κ3) is 4.26. The largest absolute Gasteiger partial charge is 0.335 e. The summed E-state index contributed by atoms with van der Waals surface area (Å²) in [5.41, 5.74) is 1.56. The summed E-state index contributed by atoms with van der Waals surface area (Å²) in [4.78, 5) is 24.3. The molecule has 0 radical (unpaired) electrons. The van der Waals surface area contributed by atoms with E-state index in [1.807, 2.05) is 24.6 Å². The van der Waals surface area contributed by atoms with Crippen LogP contribution in [0.4, 0.5) is 10.7 Å². The molecule has 0 bridgehead atoms. The van der Waals surface area contributed by atoms with E-state index in [0.29, 0.717) is 5.82 Å². The van der Waals surface area contributed by atoms with Gasteiger partial charge >= 0.3 is 6.03 Å². The Bertz CT molecular complexity index is 1160. The summed E-state index contributed by atoms with van der Waals surface area (Å²) in [6.45, 7) is 5.26. The number of carbonyl (C=O) groups is 1. The third-order valence-electron chi connectivity index (χ3n) is 3.51. The minimum atomic E-state index is -4.17. The smallest absolute Gasteiger partial charge is 0.275 e. The molecule has 12 heteroatoms. The van der Waals surface area contributed by atoms with E-state index in [1.165, 1.54) is 22.9 Å². The molecule has 146 valence electrons. The lowest BCUT2D eigenvalue weighted by Gasteiger charge is -2.10. The molecule has 28 heavy (non-hydrogen) atoms.